The second kappa shape index (κ2) is 5.79. The Balaban J connectivity index is 2.06. The first-order chi connectivity index (χ1) is 8.50. The molecule has 100 valence electrons. The average molecular weight is 288 g/mol. The molecule has 0 bridgehead atoms. The van der Waals surface area contributed by atoms with Crippen LogP contribution in [0.3, 0.4) is 0 Å². The van der Waals surface area contributed by atoms with E-state index in [1.54, 1.807) is 0 Å². The standard InChI is InChI=1S/C14H19Cl2NO/c1-10(11-4-5-12(15)13(16)8-11)17-14(2)6-3-7-18-9-14/h4-5,8,10,17H,3,6-7,9H2,1-2H3. The van der Waals surface area contributed by atoms with Crippen LogP contribution in [0.5, 0.6) is 0 Å². The van der Waals surface area contributed by atoms with Crippen LogP contribution < -0.4 is 5.32 Å². The van der Waals surface area contributed by atoms with Gasteiger partial charge < -0.3 is 10.1 Å². The number of benzene rings is 1. The van der Waals surface area contributed by atoms with Crippen LogP contribution in [0.15, 0.2) is 18.2 Å². The first-order valence-corrected chi connectivity index (χ1v) is 7.06. The summed E-state index contributed by atoms with van der Waals surface area (Å²) in [6.45, 7) is 5.98. The van der Waals surface area contributed by atoms with Crippen molar-refractivity contribution in [3.05, 3.63) is 33.8 Å². The molecule has 0 aromatic heterocycles. The lowest BCUT2D eigenvalue weighted by Crippen LogP contribution is -2.49. The Bertz CT molecular complexity index is 416. The van der Waals surface area contributed by atoms with E-state index in [9.17, 15) is 0 Å². The third kappa shape index (κ3) is 3.39. The van der Waals surface area contributed by atoms with Crippen molar-refractivity contribution in [1.29, 1.82) is 0 Å². The van der Waals surface area contributed by atoms with Crippen molar-refractivity contribution in [2.24, 2.45) is 0 Å². The first-order valence-electron chi connectivity index (χ1n) is 6.31. The predicted octanol–water partition coefficient (Wildman–Crippen LogP) is 4.21. The van der Waals surface area contributed by atoms with Crippen LogP contribution in [0, 0.1) is 0 Å². The molecule has 1 aliphatic heterocycles. The molecule has 2 nitrogen and oxygen atoms in total. The Morgan fingerprint density at radius 1 is 1.33 bits per heavy atom. The number of hydrogen-bond acceptors (Lipinski definition) is 2. The SMILES string of the molecule is CC(NC1(C)CCCOC1)c1ccc(Cl)c(Cl)c1. The average Bonchev–Trinajstić information content (AvgIpc) is 2.33. The summed E-state index contributed by atoms with van der Waals surface area (Å²) in [5, 5.41) is 4.83. The molecule has 0 radical (unpaired) electrons. The monoisotopic (exact) mass is 287 g/mol. The van der Waals surface area contributed by atoms with Gasteiger partial charge in [-0.3, -0.25) is 0 Å². The van der Waals surface area contributed by atoms with Gasteiger partial charge in [0, 0.05) is 18.2 Å². The summed E-state index contributed by atoms with van der Waals surface area (Å²) in [7, 11) is 0. The fourth-order valence-corrected chi connectivity index (χ4v) is 2.74. The quantitative estimate of drug-likeness (QED) is 0.899. The topological polar surface area (TPSA) is 21.3 Å². The zero-order valence-corrected chi connectivity index (χ0v) is 12.3. The van der Waals surface area contributed by atoms with E-state index < -0.39 is 0 Å². The van der Waals surface area contributed by atoms with Crippen LogP contribution in [0.1, 0.15) is 38.3 Å². The smallest absolute Gasteiger partial charge is 0.0645 e. The van der Waals surface area contributed by atoms with Gasteiger partial charge in [-0.25, -0.2) is 0 Å². The van der Waals surface area contributed by atoms with Crippen molar-refractivity contribution in [2.75, 3.05) is 13.2 Å². The molecule has 1 N–H and O–H groups in total. The highest BCUT2D eigenvalue weighted by atomic mass is 35.5. The maximum Gasteiger partial charge on any atom is 0.0645 e. The second-order valence-electron chi connectivity index (χ2n) is 5.26. The highest BCUT2D eigenvalue weighted by Crippen LogP contribution is 2.28. The van der Waals surface area contributed by atoms with Crippen molar-refractivity contribution in [3.63, 3.8) is 0 Å². The predicted molar refractivity (Wildman–Crippen MR) is 76.5 cm³/mol. The number of rotatable bonds is 3. The van der Waals surface area contributed by atoms with E-state index in [4.69, 9.17) is 27.9 Å². The lowest BCUT2D eigenvalue weighted by atomic mass is 9.93. The molecular weight excluding hydrogens is 269 g/mol. The molecule has 2 unspecified atom stereocenters. The molecule has 2 atom stereocenters. The van der Waals surface area contributed by atoms with Gasteiger partial charge >= 0.3 is 0 Å². The summed E-state index contributed by atoms with van der Waals surface area (Å²) in [5.74, 6) is 0. The molecule has 0 aliphatic carbocycles. The van der Waals surface area contributed by atoms with E-state index in [0.29, 0.717) is 10.0 Å². The van der Waals surface area contributed by atoms with E-state index in [1.165, 1.54) is 0 Å². The van der Waals surface area contributed by atoms with Crippen molar-refractivity contribution in [2.45, 2.75) is 38.3 Å². The highest BCUT2D eigenvalue weighted by Gasteiger charge is 2.29. The van der Waals surface area contributed by atoms with E-state index in [1.807, 2.05) is 18.2 Å². The van der Waals surface area contributed by atoms with Crippen molar-refractivity contribution in [3.8, 4) is 0 Å². The van der Waals surface area contributed by atoms with Crippen LogP contribution in [0.2, 0.25) is 10.0 Å². The Morgan fingerprint density at radius 2 is 2.11 bits per heavy atom. The van der Waals surface area contributed by atoms with Gasteiger partial charge in [0.1, 0.15) is 0 Å². The van der Waals surface area contributed by atoms with Crippen LogP contribution in [0.4, 0.5) is 0 Å². The minimum absolute atomic E-state index is 0.0454. The van der Waals surface area contributed by atoms with Gasteiger partial charge in [0.05, 0.1) is 16.7 Å². The number of ether oxygens (including phenoxy) is 1. The molecule has 0 saturated carbocycles. The fourth-order valence-electron chi connectivity index (χ4n) is 2.44. The second-order valence-corrected chi connectivity index (χ2v) is 6.07. The minimum atomic E-state index is 0.0454. The normalized spacial score (nSPS) is 26.0. The van der Waals surface area contributed by atoms with Gasteiger partial charge in [0.25, 0.3) is 0 Å². The highest BCUT2D eigenvalue weighted by molar-refractivity contribution is 6.42. The molecule has 4 heteroatoms. The first kappa shape index (κ1) is 14.1. The number of nitrogens with one attached hydrogen (secondary N) is 1. The lowest BCUT2D eigenvalue weighted by Gasteiger charge is -2.37. The molecule has 1 heterocycles. The maximum absolute atomic E-state index is 6.05. The number of halogens is 2. The number of hydrogen-bond donors (Lipinski definition) is 1. The van der Waals surface area contributed by atoms with E-state index in [-0.39, 0.29) is 11.6 Å². The molecular formula is C14H19Cl2NO. The molecule has 1 fully saturated rings. The summed E-state index contributed by atoms with van der Waals surface area (Å²) >= 11 is 12.0. The van der Waals surface area contributed by atoms with Gasteiger partial charge in [-0.2, -0.15) is 0 Å². The van der Waals surface area contributed by atoms with Crippen LogP contribution in [-0.2, 0) is 4.74 Å². The summed E-state index contributed by atoms with van der Waals surface area (Å²) in [5.41, 5.74) is 1.19. The minimum Gasteiger partial charge on any atom is -0.380 e. The third-order valence-corrected chi connectivity index (χ3v) is 4.19. The van der Waals surface area contributed by atoms with Crippen LogP contribution in [-0.4, -0.2) is 18.8 Å². The molecule has 0 amide bonds. The van der Waals surface area contributed by atoms with E-state index in [0.717, 1.165) is 31.6 Å². The van der Waals surface area contributed by atoms with Crippen molar-refractivity contribution >= 4 is 23.2 Å². The fraction of sp³-hybridized carbons (Fsp3) is 0.571. The van der Waals surface area contributed by atoms with Crippen molar-refractivity contribution in [1.82, 2.24) is 5.32 Å². The van der Waals surface area contributed by atoms with E-state index in [2.05, 4.69) is 19.2 Å². The van der Waals surface area contributed by atoms with Gasteiger partial charge in [-0.1, -0.05) is 29.3 Å². The molecule has 0 spiro atoms. The van der Waals surface area contributed by atoms with Crippen LogP contribution in [0.25, 0.3) is 0 Å². The van der Waals surface area contributed by atoms with Gasteiger partial charge in [-0.15, -0.1) is 0 Å². The van der Waals surface area contributed by atoms with Gasteiger partial charge in [0.15, 0.2) is 0 Å². The summed E-state index contributed by atoms with van der Waals surface area (Å²) in [6.07, 6.45) is 2.25. The Morgan fingerprint density at radius 3 is 2.72 bits per heavy atom. The maximum atomic E-state index is 6.05. The molecule has 2 rings (SSSR count). The largest absolute Gasteiger partial charge is 0.380 e. The Kier molecular flexibility index (Phi) is 4.54. The van der Waals surface area contributed by atoms with E-state index >= 15 is 0 Å². The van der Waals surface area contributed by atoms with Crippen molar-refractivity contribution < 1.29 is 4.74 Å². The third-order valence-electron chi connectivity index (χ3n) is 3.45. The summed E-state index contributed by atoms with van der Waals surface area (Å²) in [4.78, 5) is 0. The summed E-state index contributed by atoms with van der Waals surface area (Å²) in [6, 6.07) is 6.01. The molecule has 1 aromatic carbocycles. The molecule has 1 aliphatic rings. The summed E-state index contributed by atoms with van der Waals surface area (Å²) < 4.78 is 5.56. The Hall–Kier alpha value is -0.280. The molecule has 1 saturated heterocycles. The molecule has 1 aromatic rings. The zero-order valence-electron chi connectivity index (χ0n) is 10.8. The Labute approximate surface area is 119 Å². The van der Waals surface area contributed by atoms with Crippen LogP contribution >= 0.6 is 23.2 Å². The lowest BCUT2D eigenvalue weighted by molar-refractivity contribution is 0.0239. The molecule has 18 heavy (non-hydrogen) atoms. The van der Waals surface area contributed by atoms with Gasteiger partial charge in [0.2, 0.25) is 0 Å². The van der Waals surface area contributed by atoms with Gasteiger partial charge in [-0.05, 0) is 44.4 Å². The zero-order chi connectivity index (χ0) is 13.2.